The zero-order chi connectivity index (χ0) is 17.3. The first-order valence-electron chi connectivity index (χ1n) is 8.66. The van der Waals surface area contributed by atoms with Crippen LogP contribution in [0.15, 0.2) is 24.4 Å². The van der Waals surface area contributed by atoms with Gasteiger partial charge >= 0.3 is 0 Å². The SMILES string of the molecule is CCCn1cc(CNc2cccc3c2OC(C)(C)CC3O)c(C)n1. The minimum Gasteiger partial charge on any atom is -0.485 e. The predicted octanol–water partition coefficient (Wildman–Crippen LogP) is 3.81. The maximum absolute atomic E-state index is 10.4. The highest BCUT2D eigenvalue weighted by Crippen LogP contribution is 2.43. The summed E-state index contributed by atoms with van der Waals surface area (Å²) in [6, 6.07) is 5.89. The number of aliphatic hydroxyl groups is 1. The zero-order valence-corrected chi connectivity index (χ0v) is 15.0. The number of nitrogens with zero attached hydrogens (tertiary/aromatic N) is 2. The first-order chi connectivity index (χ1) is 11.4. The lowest BCUT2D eigenvalue weighted by Gasteiger charge is -2.36. The largest absolute Gasteiger partial charge is 0.485 e. The van der Waals surface area contributed by atoms with Crippen LogP contribution in [0.4, 0.5) is 5.69 Å². The van der Waals surface area contributed by atoms with Crippen LogP contribution in [-0.4, -0.2) is 20.5 Å². The average Bonchev–Trinajstić information content (AvgIpc) is 2.84. The molecule has 0 saturated carbocycles. The molecule has 2 heterocycles. The van der Waals surface area contributed by atoms with Crippen LogP contribution >= 0.6 is 0 Å². The normalized spacial score (nSPS) is 18.8. The number of anilines is 1. The molecule has 0 radical (unpaired) electrons. The van der Waals surface area contributed by atoms with E-state index in [1.54, 1.807) is 0 Å². The van der Waals surface area contributed by atoms with Gasteiger partial charge in [-0.15, -0.1) is 0 Å². The highest BCUT2D eigenvalue weighted by Gasteiger charge is 2.34. The van der Waals surface area contributed by atoms with Gasteiger partial charge < -0.3 is 15.2 Å². The summed E-state index contributed by atoms with van der Waals surface area (Å²) < 4.78 is 8.14. The second-order valence-electron chi connectivity index (χ2n) is 7.16. The van der Waals surface area contributed by atoms with Gasteiger partial charge in [0.25, 0.3) is 0 Å². The first kappa shape index (κ1) is 16.8. The van der Waals surface area contributed by atoms with E-state index >= 15 is 0 Å². The number of hydrogen-bond acceptors (Lipinski definition) is 4. The Bertz CT molecular complexity index is 721. The van der Waals surface area contributed by atoms with Gasteiger partial charge in [-0.1, -0.05) is 19.1 Å². The fourth-order valence-corrected chi connectivity index (χ4v) is 3.23. The Hall–Kier alpha value is -2.01. The number of aliphatic hydroxyl groups excluding tert-OH is 1. The van der Waals surface area contributed by atoms with Crippen LogP contribution < -0.4 is 10.1 Å². The fourth-order valence-electron chi connectivity index (χ4n) is 3.23. The van der Waals surface area contributed by atoms with Crippen molar-refractivity contribution in [1.82, 2.24) is 9.78 Å². The lowest BCUT2D eigenvalue weighted by atomic mass is 9.91. The van der Waals surface area contributed by atoms with Crippen LogP contribution in [0.5, 0.6) is 5.75 Å². The summed E-state index contributed by atoms with van der Waals surface area (Å²) >= 11 is 0. The van der Waals surface area contributed by atoms with Gasteiger partial charge in [-0.25, -0.2) is 0 Å². The quantitative estimate of drug-likeness (QED) is 0.876. The molecule has 1 aliphatic heterocycles. The lowest BCUT2D eigenvalue weighted by Crippen LogP contribution is -2.35. The van der Waals surface area contributed by atoms with E-state index in [2.05, 4.69) is 23.5 Å². The molecule has 1 aromatic carbocycles. The van der Waals surface area contributed by atoms with Crippen molar-refractivity contribution in [1.29, 1.82) is 0 Å². The molecule has 1 aliphatic rings. The molecule has 0 spiro atoms. The van der Waals surface area contributed by atoms with Crippen LogP contribution in [0, 0.1) is 6.92 Å². The fraction of sp³-hybridized carbons (Fsp3) is 0.526. The predicted molar refractivity (Wildman–Crippen MR) is 95.3 cm³/mol. The Kier molecular flexibility index (Phi) is 4.54. The Morgan fingerprint density at radius 1 is 1.42 bits per heavy atom. The number of hydrogen-bond donors (Lipinski definition) is 2. The first-order valence-corrected chi connectivity index (χ1v) is 8.66. The molecule has 1 unspecified atom stereocenters. The van der Waals surface area contributed by atoms with Crippen molar-refractivity contribution in [2.45, 2.75) is 65.3 Å². The third kappa shape index (κ3) is 3.41. The summed E-state index contributed by atoms with van der Waals surface area (Å²) in [7, 11) is 0. The minimum atomic E-state index is -0.487. The highest BCUT2D eigenvalue weighted by atomic mass is 16.5. The summed E-state index contributed by atoms with van der Waals surface area (Å²) in [6.45, 7) is 9.82. The van der Waals surface area contributed by atoms with Crippen molar-refractivity contribution in [3.63, 3.8) is 0 Å². The molecule has 24 heavy (non-hydrogen) atoms. The molecule has 1 atom stereocenters. The number of fused-ring (bicyclic) bond motifs is 1. The molecule has 1 aromatic heterocycles. The van der Waals surface area contributed by atoms with Crippen LogP contribution in [0.3, 0.4) is 0 Å². The molecule has 5 heteroatoms. The second-order valence-corrected chi connectivity index (χ2v) is 7.16. The maximum atomic E-state index is 10.4. The molecular formula is C19H27N3O2. The van der Waals surface area contributed by atoms with Crippen molar-refractivity contribution >= 4 is 5.69 Å². The minimum absolute atomic E-state index is 0.369. The third-order valence-corrected chi connectivity index (χ3v) is 4.44. The Morgan fingerprint density at radius 3 is 2.96 bits per heavy atom. The van der Waals surface area contributed by atoms with E-state index in [0.29, 0.717) is 13.0 Å². The van der Waals surface area contributed by atoms with Gasteiger partial charge in [-0.2, -0.15) is 5.10 Å². The molecule has 2 N–H and O–H groups in total. The van der Waals surface area contributed by atoms with Crippen molar-refractivity contribution in [3.8, 4) is 5.75 Å². The lowest BCUT2D eigenvalue weighted by molar-refractivity contribution is 0.0122. The standard InChI is InChI=1S/C19H27N3O2/c1-5-9-22-12-14(13(2)21-22)11-20-16-8-6-7-15-17(23)10-19(3,4)24-18(15)16/h6-8,12,17,20,23H,5,9-11H2,1-4H3. The molecule has 2 aromatic rings. The van der Waals surface area contributed by atoms with E-state index in [9.17, 15) is 5.11 Å². The van der Waals surface area contributed by atoms with E-state index in [0.717, 1.165) is 35.7 Å². The van der Waals surface area contributed by atoms with Gasteiger partial charge in [0, 0.05) is 36.8 Å². The van der Waals surface area contributed by atoms with Crippen LogP contribution in [0.25, 0.3) is 0 Å². The topological polar surface area (TPSA) is 59.3 Å². The molecule has 5 nitrogen and oxygen atoms in total. The molecule has 130 valence electrons. The molecular weight excluding hydrogens is 302 g/mol. The van der Waals surface area contributed by atoms with Crippen LogP contribution in [0.1, 0.15) is 56.5 Å². The smallest absolute Gasteiger partial charge is 0.149 e. The Morgan fingerprint density at radius 2 is 2.21 bits per heavy atom. The molecule has 0 bridgehead atoms. The van der Waals surface area contributed by atoms with Crippen molar-refractivity contribution in [2.24, 2.45) is 0 Å². The summed E-state index contributed by atoms with van der Waals surface area (Å²) in [5.74, 6) is 0.764. The highest BCUT2D eigenvalue weighted by molar-refractivity contribution is 5.62. The van der Waals surface area contributed by atoms with E-state index in [1.807, 2.05) is 43.7 Å². The number of nitrogens with one attached hydrogen (secondary N) is 1. The van der Waals surface area contributed by atoms with Gasteiger partial charge in [-0.3, -0.25) is 4.68 Å². The van der Waals surface area contributed by atoms with Crippen LogP contribution in [0.2, 0.25) is 0 Å². The van der Waals surface area contributed by atoms with E-state index < -0.39 is 6.10 Å². The van der Waals surface area contributed by atoms with E-state index in [-0.39, 0.29) is 5.60 Å². The molecule has 0 saturated heterocycles. The van der Waals surface area contributed by atoms with Gasteiger partial charge in [0.05, 0.1) is 17.5 Å². The molecule has 3 rings (SSSR count). The van der Waals surface area contributed by atoms with Gasteiger partial charge in [0.1, 0.15) is 11.4 Å². The number of aromatic nitrogens is 2. The number of para-hydroxylation sites is 1. The number of aryl methyl sites for hydroxylation is 2. The van der Waals surface area contributed by atoms with E-state index in [1.165, 1.54) is 5.56 Å². The monoisotopic (exact) mass is 329 g/mol. The second kappa shape index (κ2) is 6.48. The van der Waals surface area contributed by atoms with Gasteiger partial charge in [0.15, 0.2) is 0 Å². The Balaban J connectivity index is 1.80. The Labute approximate surface area is 143 Å². The van der Waals surface area contributed by atoms with E-state index in [4.69, 9.17) is 4.74 Å². The zero-order valence-electron chi connectivity index (χ0n) is 15.0. The van der Waals surface area contributed by atoms with Crippen LogP contribution in [-0.2, 0) is 13.1 Å². The summed E-state index contributed by atoms with van der Waals surface area (Å²) in [5.41, 5.74) is 3.63. The third-order valence-electron chi connectivity index (χ3n) is 4.44. The number of ether oxygens (including phenoxy) is 1. The summed E-state index contributed by atoms with van der Waals surface area (Å²) in [5, 5.41) is 18.4. The van der Waals surface area contributed by atoms with Crippen molar-refractivity contribution in [3.05, 3.63) is 41.2 Å². The molecule has 0 amide bonds. The summed E-state index contributed by atoms with van der Waals surface area (Å²) in [4.78, 5) is 0. The molecule has 0 aliphatic carbocycles. The van der Waals surface area contributed by atoms with Gasteiger partial charge in [0.2, 0.25) is 0 Å². The maximum Gasteiger partial charge on any atom is 0.149 e. The van der Waals surface area contributed by atoms with Crippen molar-refractivity contribution in [2.75, 3.05) is 5.32 Å². The number of benzene rings is 1. The van der Waals surface area contributed by atoms with Crippen molar-refractivity contribution < 1.29 is 9.84 Å². The summed E-state index contributed by atoms with van der Waals surface area (Å²) in [6.07, 6.45) is 3.29. The molecule has 0 fully saturated rings. The average molecular weight is 329 g/mol. The number of rotatable bonds is 5. The van der Waals surface area contributed by atoms with Gasteiger partial charge in [-0.05, 0) is 33.3 Å².